The molecular formula is C16H20O4. The third-order valence-electron chi connectivity index (χ3n) is 3.89. The molecule has 0 atom stereocenters. The first kappa shape index (κ1) is 14.6. The van der Waals surface area contributed by atoms with Gasteiger partial charge in [0.2, 0.25) is 0 Å². The molecule has 1 aromatic rings. The molecule has 1 aromatic carbocycles. The molecule has 1 aliphatic rings. The van der Waals surface area contributed by atoms with Crippen molar-refractivity contribution in [3.63, 3.8) is 0 Å². The summed E-state index contributed by atoms with van der Waals surface area (Å²) in [5.74, 6) is 1.55. The van der Waals surface area contributed by atoms with Gasteiger partial charge in [0, 0.05) is 0 Å². The summed E-state index contributed by atoms with van der Waals surface area (Å²) in [6.07, 6.45) is 3.99. The number of carbonyl (C=O) groups excluding carboxylic acids is 2. The molecule has 4 nitrogen and oxygen atoms in total. The minimum absolute atomic E-state index is 0.0115. The number of benzene rings is 1. The highest BCUT2D eigenvalue weighted by Gasteiger charge is 2.26. The lowest BCUT2D eigenvalue weighted by atomic mass is 9.83. The van der Waals surface area contributed by atoms with Gasteiger partial charge in [-0.25, -0.2) is 0 Å². The van der Waals surface area contributed by atoms with Crippen molar-refractivity contribution in [3.8, 4) is 11.5 Å². The number of esters is 1. The van der Waals surface area contributed by atoms with Gasteiger partial charge in [0.05, 0.1) is 5.92 Å². The van der Waals surface area contributed by atoms with Crippen LogP contribution in [0.25, 0.3) is 0 Å². The fraction of sp³-hybridized carbons (Fsp3) is 0.500. The summed E-state index contributed by atoms with van der Waals surface area (Å²) in [4.78, 5) is 22.4. The van der Waals surface area contributed by atoms with Gasteiger partial charge in [-0.2, -0.15) is 0 Å². The van der Waals surface area contributed by atoms with Crippen molar-refractivity contribution in [1.29, 1.82) is 0 Å². The molecule has 4 heteroatoms. The van der Waals surface area contributed by atoms with Crippen molar-refractivity contribution in [2.45, 2.75) is 39.5 Å². The summed E-state index contributed by atoms with van der Waals surface area (Å²) in [5.41, 5.74) is 0.764. The Bertz CT molecular complexity index is 487. The number of hydrogen-bond acceptors (Lipinski definition) is 4. The maximum absolute atomic E-state index is 12.1. The van der Waals surface area contributed by atoms with Crippen LogP contribution in [-0.4, -0.2) is 12.4 Å². The second kappa shape index (κ2) is 6.55. The lowest BCUT2D eigenvalue weighted by molar-refractivity contribution is -0.140. The first-order valence-electron chi connectivity index (χ1n) is 7.02. The Morgan fingerprint density at radius 3 is 2.55 bits per heavy atom. The monoisotopic (exact) mass is 276 g/mol. The molecule has 1 saturated carbocycles. The van der Waals surface area contributed by atoms with E-state index in [9.17, 15) is 9.59 Å². The quantitative estimate of drug-likeness (QED) is 0.481. The average molecular weight is 276 g/mol. The molecule has 0 spiro atoms. The molecule has 0 saturated heterocycles. The third-order valence-corrected chi connectivity index (χ3v) is 3.89. The van der Waals surface area contributed by atoms with Gasteiger partial charge in [-0.05, 0) is 62.3 Å². The molecule has 0 radical (unpaired) electrons. The van der Waals surface area contributed by atoms with E-state index in [0.29, 0.717) is 23.9 Å². The van der Waals surface area contributed by atoms with Gasteiger partial charge in [-0.15, -0.1) is 0 Å². The van der Waals surface area contributed by atoms with Crippen molar-refractivity contribution >= 4 is 12.4 Å². The van der Waals surface area contributed by atoms with Crippen LogP contribution in [0.2, 0.25) is 0 Å². The van der Waals surface area contributed by atoms with Gasteiger partial charge in [-0.1, -0.05) is 6.92 Å². The Morgan fingerprint density at radius 2 is 1.95 bits per heavy atom. The van der Waals surface area contributed by atoms with Crippen molar-refractivity contribution < 1.29 is 19.1 Å². The van der Waals surface area contributed by atoms with Gasteiger partial charge >= 0.3 is 5.97 Å². The van der Waals surface area contributed by atoms with E-state index < -0.39 is 0 Å². The van der Waals surface area contributed by atoms with E-state index in [1.54, 1.807) is 25.1 Å². The zero-order valence-corrected chi connectivity index (χ0v) is 11.9. The summed E-state index contributed by atoms with van der Waals surface area (Å²) in [6, 6.07) is 4.99. The smallest absolute Gasteiger partial charge is 0.314 e. The highest BCUT2D eigenvalue weighted by atomic mass is 16.5. The molecule has 1 fully saturated rings. The van der Waals surface area contributed by atoms with Crippen LogP contribution in [-0.2, 0) is 9.59 Å². The highest BCUT2D eigenvalue weighted by Crippen LogP contribution is 2.30. The van der Waals surface area contributed by atoms with Crippen LogP contribution in [0.15, 0.2) is 18.2 Å². The molecule has 0 N–H and O–H groups in total. The topological polar surface area (TPSA) is 52.6 Å². The molecular weight excluding hydrogens is 256 g/mol. The second-order valence-electron chi connectivity index (χ2n) is 5.52. The first-order valence-corrected chi connectivity index (χ1v) is 7.02. The summed E-state index contributed by atoms with van der Waals surface area (Å²) >= 11 is 0. The predicted molar refractivity (Wildman–Crippen MR) is 74.6 cm³/mol. The average Bonchev–Trinajstić information content (AvgIpc) is 2.42. The standard InChI is InChI=1S/C16H20O4/c1-11-3-5-13(6-4-11)16(18)20-14-7-8-15(19-10-17)12(2)9-14/h7-11,13H,3-6H2,1-2H3. The van der Waals surface area contributed by atoms with E-state index in [2.05, 4.69) is 6.92 Å². The largest absolute Gasteiger partial charge is 0.428 e. The SMILES string of the molecule is Cc1cc(OC(=O)C2CCC(C)CC2)ccc1OC=O. The molecule has 0 bridgehead atoms. The number of rotatable bonds is 4. The summed E-state index contributed by atoms with van der Waals surface area (Å²) in [5, 5.41) is 0. The van der Waals surface area contributed by atoms with Gasteiger partial charge in [0.1, 0.15) is 11.5 Å². The molecule has 0 aliphatic heterocycles. The second-order valence-corrected chi connectivity index (χ2v) is 5.52. The minimum atomic E-state index is -0.152. The van der Waals surface area contributed by atoms with Crippen molar-refractivity contribution in [2.24, 2.45) is 11.8 Å². The molecule has 0 amide bonds. The number of ether oxygens (including phenoxy) is 2. The number of aryl methyl sites for hydroxylation is 1. The molecule has 1 aliphatic carbocycles. The summed E-state index contributed by atoms with van der Waals surface area (Å²) < 4.78 is 10.2. The highest BCUT2D eigenvalue weighted by molar-refractivity contribution is 5.75. The van der Waals surface area contributed by atoms with Crippen molar-refractivity contribution in [1.82, 2.24) is 0 Å². The van der Waals surface area contributed by atoms with Gasteiger partial charge in [0.25, 0.3) is 6.47 Å². The zero-order valence-electron chi connectivity index (χ0n) is 11.9. The van der Waals surface area contributed by atoms with Crippen LogP contribution in [0.1, 0.15) is 38.2 Å². The van der Waals surface area contributed by atoms with E-state index in [-0.39, 0.29) is 11.9 Å². The summed E-state index contributed by atoms with van der Waals surface area (Å²) in [7, 11) is 0. The van der Waals surface area contributed by atoms with E-state index in [0.717, 1.165) is 31.2 Å². The lowest BCUT2D eigenvalue weighted by Gasteiger charge is -2.24. The summed E-state index contributed by atoms with van der Waals surface area (Å²) in [6.45, 7) is 4.41. The Labute approximate surface area is 119 Å². The van der Waals surface area contributed by atoms with Gasteiger partial charge < -0.3 is 9.47 Å². The van der Waals surface area contributed by atoms with Crippen LogP contribution in [0.3, 0.4) is 0 Å². The predicted octanol–water partition coefficient (Wildman–Crippen LogP) is 3.26. The normalized spacial score (nSPS) is 22.1. The Morgan fingerprint density at radius 1 is 1.25 bits per heavy atom. The molecule has 0 unspecified atom stereocenters. The fourth-order valence-corrected chi connectivity index (χ4v) is 2.56. The Kier molecular flexibility index (Phi) is 4.77. The van der Waals surface area contributed by atoms with Crippen LogP contribution in [0.5, 0.6) is 11.5 Å². The Balaban J connectivity index is 1.97. The van der Waals surface area contributed by atoms with Crippen LogP contribution < -0.4 is 9.47 Å². The molecule has 108 valence electrons. The molecule has 2 rings (SSSR count). The third kappa shape index (κ3) is 3.59. The zero-order chi connectivity index (χ0) is 14.5. The van der Waals surface area contributed by atoms with Crippen molar-refractivity contribution in [3.05, 3.63) is 23.8 Å². The van der Waals surface area contributed by atoms with Crippen LogP contribution in [0.4, 0.5) is 0 Å². The maximum Gasteiger partial charge on any atom is 0.314 e. The number of carbonyl (C=O) groups is 2. The van der Waals surface area contributed by atoms with Crippen LogP contribution >= 0.6 is 0 Å². The minimum Gasteiger partial charge on any atom is -0.428 e. The van der Waals surface area contributed by atoms with E-state index in [1.807, 2.05) is 0 Å². The van der Waals surface area contributed by atoms with Crippen LogP contribution in [0, 0.1) is 18.8 Å². The molecule has 20 heavy (non-hydrogen) atoms. The molecule has 0 aromatic heterocycles. The van der Waals surface area contributed by atoms with Crippen molar-refractivity contribution in [2.75, 3.05) is 0 Å². The fourth-order valence-electron chi connectivity index (χ4n) is 2.56. The molecule has 0 heterocycles. The van der Waals surface area contributed by atoms with E-state index in [1.165, 1.54) is 0 Å². The lowest BCUT2D eigenvalue weighted by Crippen LogP contribution is -2.24. The van der Waals surface area contributed by atoms with E-state index >= 15 is 0 Å². The van der Waals surface area contributed by atoms with E-state index in [4.69, 9.17) is 9.47 Å². The Hall–Kier alpha value is -1.84. The maximum atomic E-state index is 12.1. The number of hydrogen-bond donors (Lipinski definition) is 0. The van der Waals surface area contributed by atoms with Gasteiger partial charge in [-0.3, -0.25) is 9.59 Å². The first-order chi connectivity index (χ1) is 9.60. The van der Waals surface area contributed by atoms with Gasteiger partial charge in [0.15, 0.2) is 0 Å².